The quantitative estimate of drug-likeness (QED) is 0.888. The van der Waals surface area contributed by atoms with Gasteiger partial charge in [0, 0.05) is 23.9 Å². The highest BCUT2D eigenvalue weighted by molar-refractivity contribution is 7.13. The van der Waals surface area contributed by atoms with Gasteiger partial charge in [-0.05, 0) is 37.5 Å². The summed E-state index contributed by atoms with van der Waals surface area (Å²) in [5.74, 6) is 1.08. The maximum absolute atomic E-state index is 12.1. The minimum Gasteiger partial charge on any atom is -0.311 e. The second-order valence-corrected chi connectivity index (χ2v) is 7.32. The SMILES string of the molecule is CC(C)c1csc(NC(=O)CC2CC3CCC(C2)N3)n1.Cl. The third-order valence-electron chi connectivity index (χ3n) is 4.40. The number of halogens is 1. The number of hydrogen-bond acceptors (Lipinski definition) is 4. The van der Waals surface area contributed by atoms with E-state index in [1.54, 1.807) is 0 Å². The van der Waals surface area contributed by atoms with Crippen LogP contribution in [0.2, 0.25) is 0 Å². The molecule has 2 N–H and O–H groups in total. The maximum Gasteiger partial charge on any atom is 0.226 e. The third kappa shape index (κ3) is 4.18. The van der Waals surface area contributed by atoms with Gasteiger partial charge in [-0.15, -0.1) is 23.7 Å². The number of nitrogens with zero attached hydrogens (tertiary/aromatic N) is 1. The molecule has 2 bridgehead atoms. The van der Waals surface area contributed by atoms with Crippen molar-refractivity contribution in [2.45, 2.75) is 64.0 Å². The zero-order valence-corrected chi connectivity index (χ0v) is 14.2. The van der Waals surface area contributed by atoms with Crippen LogP contribution in [0.25, 0.3) is 0 Å². The van der Waals surface area contributed by atoms with Gasteiger partial charge in [0.05, 0.1) is 5.69 Å². The van der Waals surface area contributed by atoms with E-state index in [0.717, 1.165) is 23.7 Å². The van der Waals surface area contributed by atoms with Crippen LogP contribution in [0, 0.1) is 5.92 Å². The predicted molar refractivity (Wildman–Crippen MR) is 89.4 cm³/mol. The zero-order chi connectivity index (χ0) is 14.1. The topological polar surface area (TPSA) is 54.0 Å². The molecule has 1 amide bonds. The molecule has 6 heteroatoms. The van der Waals surface area contributed by atoms with Crippen molar-refractivity contribution in [3.8, 4) is 0 Å². The van der Waals surface area contributed by atoms with Crippen LogP contribution in [-0.2, 0) is 4.79 Å². The Morgan fingerprint density at radius 3 is 2.67 bits per heavy atom. The van der Waals surface area contributed by atoms with Gasteiger partial charge in [0.25, 0.3) is 0 Å². The molecule has 2 aliphatic rings. The number of piperidine rings is 1. The summed E-state index contributed by atoms with van der Waals surface area (Å²) in [6.45, 7) is 4.23. The van der Waals surface area contributed by atoms with Gasteiger partial charge in [0.1, 0.15) is 0 Å². The second-order valence-electron chi connectivity index (χ2n) is 6.46. The normalized spacial score (nSPS) is 27.5. The van der Waals surface area contributed by atoms with Gasteiger partial charge in [0.15, 0.2) is 5.13 Å². The summed E-state index contributed by atoms with van der Waals surface area (Å²) < 4.78 is 0. The zero-order valence-electron chi connectivity index (χ0n) is 12.6. The molecular weight excluding hydrogens is 306 g/mol. The first-order valence-electron chi connectivity index (χ1n) is 7.61. The summed E-state index contributed by atoms with van der Waals surface area (Å²) in [5, 5.41) is 9.36. The second kappa shape index (κ2) is 7.07. The lowest BCUT2D eigenvalue weighted by molar-refractivity contribution is -0.117. The lowest BCUT2D eigenvalue weighted by atomic mass is 9.89. The summed E-state index contributed by atoms with van der Waals surface area (Å²) in [7, 11) is 0. The van der Waals surface area contributed by atoms with Crippen molar-refractivity contribution in [1.29, 1.82) is 0 Å². The maximum atomic E-state index is 12.1. The van der Waals surface area contributed by atoms with Crippen LogP contribution in [0.1, 0.15) is 57.6 Å². The number of rotatable bonds is 4. The van der Waals surface area contributed by atoms with E-state index in [0.29, 0.717) is 30.3 Å². The Hall–Kier alpha value is -0.650. The molecule has 1 aromatic heterocycles. The molecule has 3 heterocycles. The van der Waals surface area contributed by atoms with Gasteiger partial charge in [-0.2, -0.15) is 0 Å². The number of thiazole rings is 1. The standard InChI is InChI=1S/C15H23N3OS.ClH/c1-9(2)13-8-20-15(17-13)18-14(19)7-10-5-11-3-4-12(6-10)16-11;/h8-12,16H,3-7H2,1-2H3,(H,17,18,19);1H. The number of anilines is 1. The molecule has 2 fully saturated rings. The van der Waals surface area contributed by atoms with Crippen LogP contribution in [0.15, 0.2) is 5.38 Å². The van der Waals surface area contributed by atoms with Crippen LogP contribution in [0.3, 0.4) is 0 Å². The van der Waals surface area contributed by atoms with Gasteiger partial charge >= 0.3 is 0 Å². The molecule has 3 rings (SSSR count). The Bertz CT molecular complexity index is 479. The Labute approximate surface area is 136 Å². The van der Waals surface area contributed by atoms with E-state index in [1.165, 1.54) is 24.2 Å². The Kier molecular flexibility index (Phi) is 5.63. The summed E-state index contributed by atoms with van der Waals surface area (Å²) in [4.78, 5) is 16.6. The molecule has 118 valence electrons. The van der Waals surface area contributed by atoms with Crippen molar-refractivity contribution in [3.05, 3.63) is 11.1 Å². The number of carbonyl (C=O) groups excluding carboxylic acids is 1. The van der Waals surface area contributed by atoms with E-state index in [2.05, 4.69) is 29.5 Å². The van der Waals surface area contributed by atoms with Crippen LogP contribution in [0.5, 0.6) is 0 Å². The smallest absolute Gasteiger partial charge is 0.226 e. The first-order chi connectivity index (χ1) is 9.60. The molecule has 0 spiro atoms. The molecule has 0 radical (unpaired) electrons. The molecule has 4 nitrogen and oxygen atoms in total. The summed E-state index contributed by atoms with van der Waals surface area (Å²) >= 11 is 1.53. The van der Waals surface area contributed by atoms with E-state index in [9.17, 15) is 4.79 Å². The summed E-state index contributed by atoms with van der Waals surface area (Å²) in [6.07, 6.45) is 5.52. The number of aromatic nitrogens is 1. The van der Waals surface area contributed by atoms with Crippen molar-refractivity contribution in [2.24, 2.45) is 5.92 Å². The van der Waals surface area contributed by atoms with Crippen molar-refractivity contribution in [1.82, 2.24) is 10.3 Å². The van der Waals surface area contributed by atoms with Gasteiger partial charge in [0.2, 0.25) is 5.91 Å². The van der Waals surface area contributed by atoms with Gasteiger partial charge < -0.3 is 10.6 Å². The lowest BCUT2D eigenvalue weighted by Crippen LogP contribution is -2.39. The van der Waals surface area contributed by atoms with Gasteiger partial charge in [-0.1, -0.05) is 13.8 Å². The molecule has 21 heavy (non-hydrogen) atoms. The predicted octanol–water partition coefficient (Wildman–Crippen LogP) is 3.55. The first kappa shape index (κ1) is 16.7. The minimum absolute atomic E-state index is 0. The van der Waals surface area contributed by atoms with Crippen LogP contribution in [-0.4, -0.2) is 23.0 Å². The van der Waals surface area contributed by atoms with E-state index >= 15 is 0 Å². The molecular formula is C15H24ClN3OS. The Morgan fingerprint density at radius 1 is 1.43 bits per heavy atom. The van der Waals surface area contributed by atoms with Crippen LogP contribution < -0.4 is 10.6 Å². The average Bonchev–Trinajstić information content (AvgIpc) is 2.96. The van der Waals surface area contributed by atoms with Crippen LogP contribution in [0.4, 0.5) is 5.13 Å². The number of hydrogen-bond donors (Lipinski definition) is 2. The van der Waals surface area contributed by atoms with Crippen molar-refractivity contribution in [3.63, 3.8) is 0 Å². The highest BCUT2D eigenvalue weighted by atomic mass is 35.5. The highest BCUT2D eigenvalue weighted by Gasteiger charge is 2.34. The molecule has 1 aromatic rings. The molecule has 0 saturated carbocycles. The molecule has 0 aromatic carbocycles. The molecule has 2 saturated heterocycles. The number of nitrogens with one attached hydrogen (secondary N) is 2. The third-order valence-corrected chi connectivity index (χ3v) is 5.18. The fourth-order valence-electron chi connectivity index (χ4n) is 3.38. The number of fused-ring (bicyclic) bond motifs is 2. The number of amides is 1. The van der Waals surface area contributed by atoms with Crippen molar-refractivity contribution >= 4 is 34.8 Å². The highest BCUT2D eigenvalue weighted by Crippen LogP contribution is 2.33. The largest absolute Gasteiger partial charge is 0.311 e. The molecule has 2 unspecified atom stereocenters. The lowest BCUT2D eigenvalue weighted by Gasteiger charge is -2.28. The van der Waals surface area contributed by atoms with Crippen molar-refractivity contribution in [2.75, 3.05) is 5.32 Å². The monoisotopic (exact) mass is 329 g/mol. The fraction of sp³-hybridized carbons (Fsp3) is 0.733. The van der Waals surface area contributed by atoms with E-state index < -0.39 is 0 Å². The average molecular weight is 330 g/mol. The minimum atomic E-state index is 0. The van der Waals surface area contributed by atoms with Gasteiger partial charge in [-0.25, -0.2) is 4.98 Å². The van der Waals surface area contributed by atoms with Gasteiger partial charge in [-0.3, -0.25) is 4.79 Å². The van der Waals surface area contributed by atoms with E-state index in [1.807, 2.05) is 5.38 Å². The Morgan fingerprint density at radius 2 is 2.10 bits per heavy atom. The molecule has 2 aliphatic heterocycles. The Balaban J connectivity index is 0.00000161. The molecule has 0 aliphatic carbocycles. The van der Waals surface area contributed by atoms with Crippen molar-refractivity contribution < 1.29 is 4.79 Å². The molecule has 2 atom stereocenters. The fourth-order valence-corrected chi connectivity index (χ4v) is 4.27. The number of carbonyl (C=O) groups is 1. The van der Waals surface area contributed by atoms with Crippen LogP contribution >= 0.6 is 23.7 Å². The van der Waals surface area contributed by atoms with E-state index in [4.69, 9.17) is 0 Å². The summed E-state index contributed by atoms with van der Waals surface area (Å²) in [5.41, 5.74) is 1.06. The van der Waals surface area contributed by atoms with E-state index in [-0.39, 0.29) is 18.3 Å². The summed E-state index contributed by atoms with van der Waals surface area (Å²) in [6, 6.07) is 1.30. The first-order valence-corrected chi connectivity index (χ1v) is 8.49.